The molecule has 1 aromatic heterocycles. The van der Waals surface area contributed by atoms with Crippen molar-refractivity contribution in [1.29, 1.82) is 0 Å². The van der Waals surface area contributed by atoms with E-state index in [-0.39, 0.29) is 6.61 Å². The molecule has 100 valence electrons. The van der Waals surface area contributed by atoms with Crippen molar-refractivity contribution >= 4 is 5.69 Å². The fourth-order valence-corrected chi connectivity index (χ4v) is 2.84. The zero-order valence-corrected chi connectivity index (χ0v) is 11.7. The smallest absolute Gasteiger partial charge is 0.0717 e. The second-order valence-electron chi connectivity index (χ2n) is 6.29. The van der Waals surface area contributed by atoms with Crippen molar-refractivity contribution in [2.24, 2.45) is 11.3 Å². The van der Waals surface area contributed by atoms with E-state index in [1.54, 1.807) is 6.20 Å². The van der Waals surface area contributed by atoms with Gasteiger partial charge in [-0.2, -0.15) is 0 Å². The van der Waals surface area contributed by atoms with E-state index >= 15 is 0 Å². The number of nitrogens with zero attached hydrogens (tertiary/aromatic N) is 2. The summed E-state index contributed by atoms with van der Waals surface area (Å²) in [5.74, 6) is 0.799. The van der Waals surface area contributed by atoms with E-state index in [1.165, 1.54) is 12.8 Å². The van der Waals surface area contributed by atoms with Crippen LogP contribution in [0.15, 0.2) is 18.5 Å². The largest absolute Gasteiger partial charge is 0.392 e. The molecule has 1 aliphatic heterocycles. The van der Waals surface area contributed by atoms with E-state index in [9.17, 15) is 5.11 Å². The lowest BCUT2D eigenvalue weighted by molar-refractivity contribution is 0.198. The summed E-state index contributed by atoms with van der Waals surface area (Å²) < 4.78 is 0. The van der Waals surface area contributed by atoms with E-state index in [2.05, 4.69) is 30.7 Å². The van der Waals surface area contributed by atoms with Gasteiger partial charge in [0.1, 0.15) is 0 Å². The summed E-state index contributed by atoms with van der Waals surface area (Å²) in [6.45, 7) is 9.23. The van der Waals surface area contributed by atoms with Gasteiger partial charge in [0.15, 0.2) is 0 Å². The van der Waals surface area contributed by atoms with Crippen LogP contribution in [0.2, 0.25) is 0 Å². The summed E-state index contributed by atoms with van der Waals surface area (Å²) >= 11 is 0. The van der Waals surface area contributed by atoms with Gasteiger partial charge in [-0.3, -0.25) is 4.98 Å². The van der Waals surface area contributed by atoms with Crippen LogP contribution < -0.4 is 4.90 Å². The van der Waals surface area contributed by atoms with Crippen molar-refractivity contribution in [3.8, 4) is 0 Å². The van der Waals surface area contributed by atoms with Crippen molar-refractivity contribution in [1.82, 2.24) is 4.98 Å². The van der Waals surface area contributed by atoms with Crippen LogP contribution in [0.5, 0.6) is 0 Å². The van der Waals surface area contributed by atoms with Gasteiger partial charge >= 0.3 is 0 Å². The van der Waals surface area contributed by atoms with E-state index in [0.29, 0.717) is 5.41 Å². The van der Waals surface area contributed by atoms with Gasteiger partial charge in [-0.05, 0) is 30.2 Å². The molecule has 3 nitrogen and oxygen atoms in total. The van der Waals surface area contributed by atoms with Crippen molar-refractivity contribution in [2.45, 2.75) is 40.2 Å². The molecule has 18 heavy (non-hydrogen) atoms. The SMILES string of the molecule is CC(C)(C)C1CCN(c2ccncc2CO)CC1. The molecule has 1 aliphatic rings. The fourth-order valence-electron chi connectivity index (χ4n) is 2.84. The van der Waals surface area contributed by atoms with Crippen molar-refractivity contribution in [2.75, 3.05) is 18.0 Å². The van der Waals surface area contributed by atoms with E-state index in [0.717, 1.165) is 30.3 Å². The monoisotopic (exact) mass is 248 g/mol. The predicted molar refractivity (Wildman–Crippen MR) is 74.6 cm³/mol. The molecule has 1 fully saturated rings. The summed E-state index contributed by atoms with van der Waals surface area (Å²) in [5, 5.41) is 9.36. The zero-order valence-electron chi connectivity index (χ0n) is 11.7. The number of pyridine rings is 1. The number of anilines is 1. The van der Waals surface area contributed by atoms with Crippen LogP contribution in [0.25, 0.3) is 0 Å². The number of rotatable bonds is 2. The molecule has 1 N–H and O–H groups in total. The van der Waals surface area contributed by atoms with Crippen LogP contribution in [0.1, 0.15) is 39.2 Å². The molecule has 0 radical (unpaired) electrons. The second kappa shape index (κ2) is 5.27. The molecule has 0 unspecified atom stereocenters. The van der Waals surface area contributed by atoms with Gasteiger partial charge < -0.3 is 10.0 Å². The molecule has 0 bridgehead atoms. The van der Waals surface area contributed by atoms with Crippen LogP contribution in [0, 0.1) is 11.3 Å². The Balaban J connectivity index is 2.06. The zero-order chi connectivity index (χ0) is 13.2. The average Bonchev–Trinajstić information content (AvgIpc) is 2.38. The maximum atomic E-state index is 9.36. The maximum Gasteiger partial charge on any atom is 0.0717 e. The van der Waals surface area contributed by atoms with Crippen LogP contribution >= 0.6 is 0 Å². The van der Waals surface area contributed by atoms with Crippen LogP contribution in [0.4, 0.5) is 5.69 Å². The average molecular weight is 248 g/mol. The van der Waals surface area contributed by atoms with Crippen molar-refractivity contribution < 1.29 is 5.11 Å². The summed E-state index contributed by atoms with van der Waals surface area (Å²) in [6.07, 6.45) is 6.04. The van der Waals surface area contributed by atoms with Gasteiger partial charge in [-0.25, -0.2) is 0 Å². The number of hydrogen-bond acceptors (Lipinski definition) is 3. The number of aliphatic hydroxyl groups is 1. The first-order chi connectivity index (χ1) is 8.52. The normalized spacial score (nSPS) is 18.1. The van der Waals surface area contributed by atoms with Gasteiger partial charge in [0.2, 0.25) is 0 Å². The highest BCUT2D eigenvalue weighted by Crippen LogP contribution is 2.36. The Morgan fingerprint density at radius 2 is 2.00 bits per heavy atom. The predicted octanol–water partition coefficient (Wildman–Crippen LogP) is 2.84. The number of aromatic nitrogens is 1. The second-order valence-corrected chi connectivity index (χ2v) is 6.29. The highest BCUT2D eigenvalue weighted by molar-refractivity contribution is 5.52. The molecule has 3 heteroatoms. The number of hydrogen-bond donors (Lipinski definition) is 1. The topological polar surface area (TPSA) is 36.4 Å². The van der Waals surface area contributed by atoms with E-state index in [4.69, 9.17) is 0 Å². The van der Waals surface area contributed by atoms with Crippen molar-refractivity contribution in [3.05, 3.63) is 24.0 Å². The summed E-state index contributed by atoms with van der Waals surface area (Å²) in [7, 11) is 0. The molecular weight excluding hydrogens is 224 g/mol. The fraction of sp³-hybridized carbons (Fsp3) is 0.667. The Morgan fingerprint density at radius 1 is 1.33 bits per heavy atom. The molecule has 0 saturated carbocycles. The van der Waals surface area contributed by atoms with Crippen molar-refractivity contribution in [3.63, 3.8) is 0 Å². The highest BCUT2D eigenvalue weighted by atomic mass is 16.3. The summed E-state index contributed by atoms with van der Waals surface area (Å²) in [6, 6.07) is 2.02. The third-order valence-corrected chi connectivity index (χ3v) is 4.11. The first-order valence-corrected chi connectivity index (χ1v) is 6.81. The van der Waals surface area contributed by atoms with Gasteiger partial charge in [-0.1, -0.05) is 20.8 Å². The first kappa shape index (κ1) is 13.3. The molecule has 2 heterocycles. The van der Waals surface area contributed by atoms with E-state index in [1.807, 2.05) is 12.3 Å². The molecule has 0 aromatic carbocycles. The molecule has 0 spiro atoms. The summed E-state index contributed by atoms with van der Waals surface area (Å²) in [4.78, 5) is 6.46. The maximum absolute atomic E-state index is 9.36. The molecule has 1 aromatic rings. The molecule has 1 saturated heterocycles. The minimum atomic E-state index is 0.0718. The van der Waals surface area contributed by atoms with Gasteiger partial charge in [-0.15, -0.1) is 0 Å². The minimum absolute atomic E-state index is 0.0718. The van der Waals surface area contributed by atoms with E-state index < -0.39 is 0 Å². The van der Waals surface area contributed by atoms with Gasteiger partial charge in [0.05, 0.1) is 6.61 Å². The molecule has 0 atom stereocenters. The third-order valence-electron chi connectivity index (χ3n) is 4.11. The first-order valence-electron chi connectivity index (χ1n) is 6.81. The van der Waals surface area contributed by atoms with Crippen LogP contribution in [0.3, 0.4) is 0 Å². The Bertz CT molecular complexity index is 390. The Morgan fingerprint density at radius 3 is 2.56 bits per heavy atom. The molecular formula is C15H24N2O. The lowest BCUT2D eigenvalue weighted by Gasteiger charge is -2.40. The van der Waals surface area contributed by atoms with Crippen LogP contribution in [-0.2, 0) is 6.61 Å². The van der Waals surface area contributed by atoms with Gasteiger partial charge in [0.25, 0.3) is 0 Å². The highest BCUT2D eigenvalue weighted by Gasteiger charge is 2.29. The third kappa shape index (κ3) is 2.83. The van der Waals surface area contributed by atoms with Crippen LogP contribution in [-0.4, -0.2) is 23.2 Å². The lowest BCUT2D eigenvalue weighted by Crippen LogP contribution is -2.38. The summed E-state index contributed by atoms with van der Waals surface area (Å²) in [5.41, 5.74) is 2.50. The standard InChI is InChI=1S/C15H24N2O/c1-15(2,3)13-5-8-17(9-6-13)14-4-7-16-10-12(14)11-18/h4,7,10,13,18H,5-6,8-9,11H2,1-3H3. The quantitative estimate of drug-likeness (QED) is 0.874. The molecule has 0 amide bonds. The number of piperidine rings is 1. The minimum Gasteiger partial charge on any atom is -0.392 e. The lowest BCUT2D eigenvalue weighted by atomic mass is 9.75. The number of aliphatic hydroxyl groups excluding tert-OH is 1. The molecule has 2 rings (SSSR count). The Hall–Kier alpha value is -1.09. The van der Waals surface area contributed by atoms with Gasteiger partial charge in [0, 0.05) is 36.7 Å². The molecule has 0 aliphatic carbocycles. The Kier molecular flexibility index (Phi) is 3.91. The Labute approximate surface area is 110 Å².